The SMILES string of the molecule is CC(C)N(CC(N)=O)c1ncc(CO)cn1. The molecule has 3 N–H and O–H groups in total. The van der Waals surface area contributed by atoms with Crippen LogP contribution in [0.3, 0.4) is 0 Å². The molecule has 0 aliphatic rings. The summed E-state index contributed by atoms with van der Waals surface area (Å²) in [5, 5.41) is 8.85. The second-order valence-electron chi connectivity index (χ2n) is 3.74. The van der Waals surface area contributed by atoms with Gasteiger partial charge in [-0.05, 0) is 13.8 Å². The van der Waals surface area contributed by atoms with E-state index in [1.807, 2.05) is 13.8 Å². The van der Waals surface area contributed by atoms with Crippen molar-refractivity contribution in [2.75, 3.05) is 11.4 Å². The molecule has 88 valence electrons. The third kappa shape index (κ3) is 3.16. The lowest BCUT2D eigenvalue weighted by atomic mass is 10.3. The number of amides is 1. The molecule has 1 amide bonds. The number of hydrogen-bond donors (Lipinski definition) is 2. The molecule has 0 aromatic carbocycles. The molecule has 0 atom stereocenters. The fourth-order valence-electron chi connectivity index (χ4n) is 1.23. The minimum absolute atomic E-state index is 0.0764. The topological polar surface area (TPSA) is 92.3 Å². The smallest absolute Gasteiger partial charge is 0.237 e. The van der Waals surface area contributed by atoms with Gasteiger partial charge in [0.1, 0.15) is 0 Å². The van der Waals surface area contributed by atoms with Crippen molar-refractivity contribution in [3.8, 4) is 0 Å². The molecule has 0 aliphatic carbocycles. The normalized spacial score (nSPS) is 10.5. The van der Waals surface area contributed by atoms with Crippen molar-refractivity contribution in [2.45, 2.75) is 26.5 Å². The second-order valence-corrected chi connectivity index (χ2v) is 3.74. The first kappa shape index (κ1) is 12.4. The quantitative estimate of drug-likeness (QED) is 0.714. The Morgan fingerprint density at radius 3 is 2.44 bits per heavy atom. The Hall–Kier alpha value is -1.69. The van der Waals surface area contributed by atoms with Crippen LogP contribution in [-0.2, 0) is 11.4 Å². The van der Waals surface area contributed by atoms with Crippen LogP contribution in [0.5, 0.6) is 0 Å². The summed E-state index contributed by atoms with van der Waals surface area (Å²) in [5.74, 6) is 0.00883. The standard InChI is InChI=1S/C10H16N4O2/c1-7(2)14(5-9(11)16)10-12-3-8(6-15)4-13-10/h3-4,7,15H,5-6H2,1-2H3,(H2,11,16). The number of primary amides is 1. The molecule has 0 fully saturated rings. The summed E-state index contributed by atoms with van der Waals surface area (Å²) in [6.45, 7) is 3.83. The summed E-state index contributed by atoms with van der Waals surface area (Å²) in [7, 11) is 0. The number of anilines is 1. The summed E-state index contributed by atoms with van der Waals surface area (Å²) in [6.07, 6.45) is 3.05. The second kappa shape index (κ2) is 5.41. The van der Waals surface area contributed by atoms with Crippen LogP contribution >= 0.6 is 0 Å². The molecule has 1 aromatic heterocycles. The van der Waals surface area contributed by atoms with E-state index in [0.29, 0.717) is 11.5 Å². The van der Waals surface area contributed by atoms with Gasteiger partial charge in [-0.15, -0.1) is 0 Å². The number of nitrogens with zero attached hydrogens (tertiary/aromatic N) is 3. The molecular weight excluding hydrogens is 208 g/mol. The van der Waals surface area contributed by atoms with E-state index in [1.54, 1.807) is 4.90 Å². The average molecular weight is 224 g/mol. The fraction of sp³-hybridized carbons (Fsp3) is 0.500. The van der Waals surface area contributed by atoms with Crippen LogP contribution in [0.2, 0.25) is 0 Å². The van der Waals surface area contributed by atoms with Crippen LogP contribution < -0.4 is 10.6 Å². The van der Waals surface area contributed by atoms with E-state index < -0.39 is 5.91 Å². The molecule has 1 aromatic rings. The van der Waals surface area contributed by atoms with Crippen LogP contribution in [-0.4, -0.2) is 33.6 Å². The molecule has 0 saturated heterocycles. The van der Waals surface area contributed by atoms with Crippen molar-refractivity contribution in [3.63, 3.8) is 0 Å². The van der Waals surface area contributed by atoms with E-state index in [4.69, 9.17) is 10.8 Å². The molecule has 6 heteroatoms. The first-order valence-corrected chi connectivity index (χ1v) is 5.01. The highest BCUT2D eigenvalue weighted by molar-refractivity contribution is 5.78. The van der Waals surface area contributed by atoms with E-state index >= 15 is 0 Å². The van der Waals surface area contributed by atoms with Crippen molar-refractivity contribution in [2.24, 2.45) is 5.73 Å². The predicted octanol–water partition coefficient (Wildman–Crippen LogP) is -0.331. The Kier molecular flexibility index (Phi) is 4.19. The lowest BCUT2D eigenvalue weighted by molar-refractivity contribution is -0.116. The lowest BCUT2D eigenvalue weighted by Gasteiger charge is -2.24. The molecule has 1 heterocycles. The Labute approximate surface area is 94.1 Å². The number of carbonyl (C=O) groups is 1. The molecule has 6 nitrogen and oxygen atoms in total. The van der Waals surface area contributed by atoms with Crippen LogP contribution in [0.1, 0.15) is 19.4 Å². The molecule has 0 radical (unpaired) electrons. The maximum atomic E-state index is 10.9. The van der Waals surface area contributed by atoms with Gasteiger partial charge in [0.2, 0.25) is 11.9 Å². The van der Waals surface area contributed by atoms with Gasteiger partial charge in [0.25, 0.3) is 0 Å². The van der Waals surface area contributed by atoms with E-state index in [9.17, 15) is 4.79 Å². The Morgan fingerprint density at radius 1 is 1.50 bits per heavy atom. The number of aliphatic hydroxyl groups is 1. The molecule has 0 unspecified atom stereocenters. The third-order valence-electron chi connectivity index (χ3n) is 2.08. The Balaban J connectivity index is 2.88. The van der Waals surface area contributed by atoms with Gasteiger partial charge in [0, 0.05) is 24.0 Å². The highest BCUT2D eigenvalue weighted by Crippen LogP contribution is 2.10. The molecule has 0 bridgehead atoms. The Morgan fingerprint density at radius 2 is 2.06 bits per heavy atom. The monoisotopic (exact) mass is 224 g/mol. The number of nitrogens with two attached hydrogens (primary N) is 1. The summed E-state index contributed by atoms with van der Waals surface area (Å²) < 4.78 is 0. The maximum Gasteiger partial charge on any atom is 0.237 e. The van der Waals surface area contributed by atoms with Crippen molar-refractivity contribution in [1.82, 2.24) is 9.97 Å². The average Bonchev–Trinajstić information content (AvgIpc) is 2.25. The third-order valence-corrected chi connectivity index (χ3v) is 2.08. The number of aliphatic hydroxyl groups excluding tert-OH is 1. The minimum atomic E-state index is -0.427. The minimum Gasteiger partial charge on any atom is -0.392 e. The van der Waals surface area contributed by atoms with E-state index in [0.717, 1.165) is 0 Å². The van der Waals surface area contributed by atoms with Crippen LogP contribution in [0.4, 0.5) is 5.95 Å². The largest absolute Gasteiger partial charge is 0.392 e. The van der Waals surface area contributed by atoms with E-state index in [1.165, 1.54) is 12.4 Å². The molecule has 0 spiro atoms. The number of rotatable bonds is 5. The predicted molar refractivity (Wildman–Crippen MR) is 59.6 cm³/mol. The van der Waals surface area contributed by atoms with Gasteiger partial charge >= 0.3 is 0 Å². The lowest BCUT2D eigenvalue weighted by Crippen LogP contribution is -2.39. The molecule has 16 heavy (non-hydrogen) atoms. The van der Waals surface area contributed by atoms with Gasteiger partial charge in [-0.1, -0.05) is 0 Å². The van der Waals surface area contributed by atoms with Gasteiger partial charge in [-0.25, -0.2) is 9.97 Å². The van der Waals surface area contributed by atoms with Crippen LogP contribution in [0.25, 0.3) is 0 Å². The summed E-state index contributed by atoms with van der Waals surface area (Å²) in [5.41, 5.74) is 5.78. The molecule has 0 saturated carbocycles. The highest BCUT2D eigenvalue weighted by atomic mass is 16.3. The van der Waals surface area contributed by atoms with Crippen molar-refractivity contribution < 1.29 is 9.90 Å². The van der Waals surface area contributed by atoms with Crippen molar-refractivity contribution >= 4 is 11.9 Å². The molecule has 1 rings (SSSR count). The molecular formula is C10H16N4O2. The van der Waals surface area contributed by atoms with Gasteiger partial charge in [0.15, 0.2) is 0 Å². The summed E-state index contributed by atoms with van der Waals surface area (Å²) >= 11 is 0. The van der Waals surface area contributed by atoms with Crippen molar-refractivity contribution in [1.29, 1.82) is 0 Å². The maximum absolute atomic E-state index is 10.9. The zero-order valence-electron chi connectivity index (χ0n) is 9.42. The van der Waals surface area contributed by atoms with Gasteiger partial charge in [-0.3, -0.25) is 4.79 Å². The first-order chi connectivity index (χ1) is 7.54. The zero-order chi connectivity index (χ0) is 12.1. The van der Waals surface area contributed by atoms with Crippen LogP contribution in [0, 0.1) is 0 Å². The van der Waals surface area contributed by atoms with E-state index in [-0.39, 0.29) is 19.2 Å². The number of hydrogen-bond acceptors (Lipinski definition) is 5. The fourth-order valence-corrected chi connectivity index (χ4v) is 1.23. The van der Waals surface area contributed by atoms with Crippen molar-refractivity contribution in [3.05, 3.63) is 18.0 Å². The van der Waals surface area contributed by atoms with Gasteiger partial charge in [0.05, 0.1) is 13.2 Å². The Bertz CT molecular complexity index is 350. The number of carbonyl (C=O) groups excluding carboxylic acids is 1. The molecule has 0 aliphatic heterocycles. The first-order valence-electron chi connectivity index (χ1n) is 5.01. The van der Waals surface area contributed by atoms with E-state index in [2.05, 4.69) is 9.97 Å². The van der Waals surface area contributed by atoms with Crippen LogP contribution in [0.15, 0.2) is 12.4 Å². The van der Waals surface area contributed by atoms with Gasteiger partial charge in [-0.2, -0.15) is 0 Å². The zero-order valence-corrected chi connectivity index (χ0v) is 9.42. The number of aromatic nitrogens is 2. The summed E-state index contributed by atoms with van der Waals surface area (Å²) in [6, 6.07) is 0.0764. The van der Waals surface area contributed by atoms with Gasteiger partial charge < -0.3 is 15.7 Å². The summed E-state index contributed by atoms with van der Waals surface area (Å²) in [4.78, 5) is 20.7. The highest BCUT2D eigenvalue weighted by Gasteiger charge is 2.15.